The molecule has 0 aliphatic rings. The number of rotatable bonds is 4. The maximum absolute atomic E-state index is 7.03. The molecule has 0 fully saturated rings. The molecule has 0 radical (unpaired) electrons. The molecule has 0 bridgehead atoms. The molecular formula is C60H34O. The zero-order chi connectivity index (χ0) is 39.8. The minimum absolute atomic E-state index is 0.904. The van der Waals surface area contributed by atoms with Crippen molar-refractivity contribution in [2.24, 2.45) is 0 Å². The standard InChI is InChI=1S/C60H34O/c1-2-7-35(8-3-1)45-25-19-41-24-29-50-46(26-20-42-23-28-49(45)57(41)58(42)50)36-13-15-37(16-14-36)47-31-32-52(60-59(47)53-33-43-9-4-5-10-44(43)34-54(53)61-60)48-27-21-40-18-17-38-11-6-12-39-22-30-51(48)56(40)55(38)39/h1-34H. The predicted octanol–water partition coefficient (Wildman–Crippen LogP) is 17.2. The molecule has 0 saturated heterocycles. The van der Waals surface area contributed by atoms with Gasteiger partial charge in [0.05, 0.1) is 0 Å². The fourth-order valence-electron chi connectivity index (χ4n) is 10.7. The van der Waals surface area contributed by atoms with E-state index in [2.05, 4.69) is 206 Å². The first-order valence-corrected chi connectivity index (χ1v) is 21.2. The highest BCUT2D eigenvalue weighted by molar-refractivity contribution is 6.29. The Balaban J connectivity index is 0.960. The summed E-state index contributed by atoms with van der Waals surface area (Å²) in [5.74, 6) is 0. The SMILES string of the molecule is c1ccc(-c2ccc3ccc4c(-c5ccc(-c6ccc(-c7ccc8ccc9cccc%10ccc7c8c9%10)c7oc8cc9ccccc9cc8c67)cc5)ccc5ccc2c3c54)cc1. The Kier molecular flexibility index (Phi) is 6.62. The third-order valence-electron chi connectivity index (χ3n) is 13.6. The van der Waals surface area contributed by atoms with Crippen molar-refractivity contribution in [3.63, 3.8) is 0 Å². The van der Waals surface area contributed by atoms with Crippen molar-refractivity contribution in [1.29, 1.82) is 0 Å². The zero-order valence-corrected chi connectivity index (χ0v) is 33.0. The van der Waals surface area contributed by atoms with Gasteiger partial charge in [-0.2, -0.15) is 0 Å². The van der Waals surface area contributed by atoms with Crippen LogP contribution in [-0.4, -0.2) is 0 Å². The Bertz CT molecular complexity index is 4060. The second-order valence-corrected chi connectivity index (χ2v) is 16.7. The molecule has 0 N–H and O–H groups in total. The lowest BCUT2D eigenvalue weighted by atomic mass is 9.86. The highest BCUT2D eigenvalue weighted by atomic mass is 16.3. The van der Waals surface area contributed by atoms with Crippen molar-refractivity contribution in [2.75, 3.05) is 0 Å². The Morgan fingerprint density at radius 1 is 0.230 bits per heavy atom. The average Bonchev–Trinajstić information content (AvgIpc) is 3.70. The first-order chi connectivity index (χ1) is 30.2. The van der Waals surface area contributed by atoms with E-state index in [4.69, 9.17) is 4.42 Å². The fourth-order valence-corrected chi connectivity index (χ4v) is 10.7. The van der Waals surface area contributed by atoms with Gasteiger partial charge in [0.25, 0.3) is 0 Å². The first-order valence-electron chi connectivity index (χ1n) is 21.2. The van der Waals surface area contributed by atoms with Gasteiger partial charge >= 0.3 is 0 Å². The van der Waals surface area contributed by atoms with E-state index in [1.54, 1.807) is 0 Å². The number of fused-ring (bicyclic) bond motifs is 4. The maximum atomic E-state index is 7.03. The van der Waals surface area contributed by atoms with Crippen molar-refractivity contribution in [1.82, 2.24) is 0 Å². The molecule has 0 aliphatic carbocycles. The summed E-state index contributed by atoms with van der Waals surface area (Å²) < 4.78 is 7.03. The second-order valence-electron chi connectivity index (χ2n) is 16.7. The minimum atomic E-state index is 0.904. The van der Waals surface area contributed by atoms with Crippen molar-refractivity contribution in [2.45, 2.75) is 0 Å². The zero-order valence-electron chi connectivity index (χ0n) is 33.0. The summed E-state index contributed by atoms with van der Waals surface area (Å²) in [7, 11) is 0. The molecule has 14 aromatic rings. The summed E-state index contributed by atoms with van der Waals surface area (Å²) in [4.78, 5) is 0. The van der Waals surface area contributed by atoms with E-state index in [1.807, 2.05) is 0 Å². The minimum Gasteiger partial charge on any atom is -0.455 e. The summed E-state index contributed by atoms with van der Waals surface area (Å²) in [6.07, 6.45) is 0. The molecule has 14 rings (SSSR count). The third kappa shape index (κ3) is 4.66. The van der Waals surface area contributed by atoms with Crippen LogP contribution in [0.2, 0.25) is 0 Å². The van der Waals surface area contributed by atoms with Crippen molar-refractivity contribution in [3.05, 3.63) is 206 Å². The van der Waals surface area contributed by atoms with Gasteiger partial charge in [-0.15, -0.1) is 0 Å². The Labute approximate surface area is 351 Å². The van der Waals surface area contributed by atoms with Gasteiger partial charge in [-0.3, -0.25) is 0 Å². The fraction of sp³-hybridized carbons (Fsp3) is 0. The van der Waals surface area contributed by atoms with Crippen LogP contribution < -0.4 is 0 Å². The molecule has 61 heavy (non-hydrogen) atoms. The van der Waals surface area contributed by atoms with Gasteiger partial charge in [-0.05, 0) is 133 Å². The van der Waals surface area contributed by atoms with Crippen LogP contribution in [0.15, 0.2) is 211 Å². The quantitative estimate of drug-likeness (QED) is 0.162. The van der Waals surface area contributed by atoms with Gasteiger partial charge in [0.2, 0.25) is 0 Å². The predicted molar refractivity (Wildman–Crippen MR) is 260 cm³/mol. The van der Waals surface area contributed by atoms with Crippen LogP contribution in [0, 0.1) is 0 Å². The molecule has 0 aliphatic heterocycles. The van der Waals surface area contributed by atoms with Crippen molar-refractivity contribution < 1.29 is 4.42 Å². The molecule has 0 unspecified atom stereocenters. The van der Waals surface area contributed by atoms with Crippen LogP contribution in [-0.2, 0) is 0 Å². The molecule has 280 valence electrons. The van der Waals surface area contributed by atoms with E-state index in [-0.39, 0.29) is 0 Å². The highest BCUT2D eigenvalue weighted by Crippen LogP contribution is 2.47. The maximum Gasteiger partial charge on any atom is 0.143 e. The van der Waals surface area contributed by atoms with E-state index < -0.39 is 0 Å². The average molecular weight is 771 g/mol. The molecule has 1 heterocycles. The summed E-state index contributed by atoms with van der Waals surface area (Å²) in [6.45, 7) is 0. The van der Waals surface area contributed by atoms with Crippen LogP contribution in [0.5, 0.6) is 0 Å². The van der Waals surface area contributed by atoms with E-state index in [0.29, 0.717) is 0 Å². The summed E-state index contributed by atoms with van der Waals surface area (Å²) in [5, 5.41) is 20.1. The molecule has 1 aromatic heterocycles. The largest absolute Gasteiger partial charge is 0.455 e. The van der Waals surface area contributed by atoms with Crippen LogP contribution in [0.1, 0.15) is 0 Å². The topological polar surface area (TPSA) is 13.1 Å². The second kappa shape index (κ2) is 12.3. The van der Waals surface area contributed by atoms with Gasteiger partial charge < -0.3 is 4.42 Å². The number of benzene rings is 13. The van der Waals surface area contributed by atoms with Crippen molar-refractivity contribution in [3.8, 4) is 44.5 Å². The lowest BCUT2D eigenvalue weighted by Gasteiger charge is -2.17. The van der Waals surface area contributed by atoms with Gasteiger partial charge in [0.1, 0.15) is 11.2 Å². The monoisotopic (exact) mass is 770 g/mol. The number of hydrogen-bond acceptors (Lipinski definition) is 1. The number of hydrogen-bond donors (Lipinski definition) is 0. The van der Waals surface area contributed by atoms with Gasteiger partial charge in [-0.25, -0.2) is 0 Å². The molecule has 13 aromatic carbocycles. The molecule has 0 atom stereocenters. The summed E-state index contributed by atoms with van der Waals surface area (Å²) in [6, 6.07) is 76.3. The molecule has 0 spiro atoms. The van der Waals surface area contributed by atoms with Gasteiger partial charge in [0, 0.05) is 16.3 Å². The molecule has 1 nitrogen and oxygen atoms in total. The van der Waals surface area contributed by atoms with Gasteiger partial charge in [-0.1, -0.05) is 188 Å². The Morgan fingerprint density at radius 3 is 1.30 bits per heavy atom. The lowest BCUT2D eigenvalue weighted by Crippen LogP contribution is -1.90. The smallest absolute Gasteiger partial charge is 0.143 e. The lowest BCUT2D eigenvalue weighted by molar-refractivity contribution is 0.670. The Morgan fingerprint density at radius 2 is 0.656 bits per heavy atom. The summed E-state index contributed by atoms with van der Waals surface area (Å²) >= 11 is 0. The molecule has 0 amide bonds. The third-order valence-corrected chi connectivity index (χ3v) is 13.6. The van der Waals surface area contributed by atoms with Crippen LogP contribution in [0.4, 0.5) is 0 Å². The van der Waals surface area contributed by atoms with Crippen LogP contribution >= 0.6 is 0 Å². The van der Waals surface area contributed by atoms with Crippen molar-refractivity contribution >= 4 is 97.3 Å². The van der Waals surface area contributed by atoms with Gasteiger partial charge in [0.15, 0.2) is 0 Å². The van der Waals surface area contributed by atoms with Crippen LogP contribution in [0.3, 0.4) is 0 Å². The van der Waals surface area contributed by atoms with Crippen LogP contribution in [0.25, 0.3) is 142 Å². The van der Waals surface area contributed by atoms with E-state index >= 15 is 0 Å². The van der Waals surface area contributed by atoms with E-state index in [0.717, 1.165) is 33.1 Å². The number of furan rings is 1. The summed E-state index contributed by atoms with van der Waals surface area (Å²) in [5.41, 5.74) is 11.4. The first kappa shape index (κ1) is 32.9. The highest BCUT2D eigenvalue weighted by Gasteiger charge is 2.21. The molecule has 0 saturated carbocycles. The Hall–Kier alpha value is -8.00. The van der Waals surface area contributed by atoms with E-state index in [1.165, 1.54) is 109 Å². The molecular weight excluding hydrogens is 737 g/mol. The molecule has 1 heteroatoms. The van der Waals surface area contributed by atoms with E-state index in [9.17, 15) is 0 Å². The normalized spacial score (nSPS) is 12.3.